The Morgan fingerprint density at radius 2 is 1.79 bits per heavy atom. The van der Waals surface area contributed by atoms with Crippen LogP contribution in [0.15, 0.2) is 30.3 Å². The Kier molecular flexibility index (Phi) is 2.29. The molecule has 1 aliphatic rings. The summed E-state index contributed by atoms with van der Waals surface area (Å²) in [5.74, 6) is -1.15. The molecule has 1 aromatic carbocycles. The topological polar surface area (TPSA) is 0 Å². The van der Waals surface area contributed by atoms with E-state index in [4.69, 9.17) is 0 Å². The highest BCUT2D eigenvalue weighted by Gasteiger charge is 2.50. The number of rotatable bonds is 3. The van der Waals surface area contributed by atoms with Crippen LogP contribution in [0.5, 0.6) is 0 Å². The van der Waals surface area contributed by atoms with Crippen LogP contribution in [0.4, 0.5) is 12.9 Å². The molecule has 0 spiro atoms. The summed E-state index contributed by atoms with van der Waals surface area (Å²) in [4.78, 5) is 0. The largest absolute Gasteiger partial charge is 0.481 e. The molecule has 0 aromatic heterocycles. The smallest absolute Gasteiger partial charge is 0.449 e. The van der Waals surface area contributed by atoms with Crippen molar-refractivity contribution >= 4 is 6.98 Å². The summed E-state index contributed by atoms with van der Waals surface area (Å²) < 4.78 is 36.8. The minimum absolute atomic E-state index is 0.155. The van der Waals surface area contributed by atoms with Crippen LogP contribution in [0.1, 0.15) is 12.0 Å². The first-order valence-corrected chi connectivity index (χ1v) is 4.81. The molecule has 1 aliphatic carbocycles. The second-order valence-corrected chi connectivity index (χ2v) is 3.97. The summed E-state index contributed by atoms with van der Waals surface area (Å²) in [7, 11) is 0. The van der Waals surface area contributed by atoms with Crippen molar-refractivity contribution in [3.8, 4) is 0 Å². The van der Waals surface area contributed by atoms with Gasteiger partial charge in [0.05, 0.1) is 0 Å². The fourth-order valence-corrected chi connectivity index (χ4v) is 1.89. The third-order valence-electron chi connectivity index (χ3n) is 2.80. The van der Waals surface area contributed by atoms with E-state index in [0.29, 0.717) is 12.8 Å². The molecule has 0 saturated heterocycles. The van der Waals surface area contributed by atoms with Gasteiger partial charge in [0, 0.05) is 0 Å². The molecule has 0 aliphatic heterocycles. The standard InChI is InChI=1S/C10H11BF3/c12-11(13,14)10-7-9(10)6-8-4-2-1-3-5-8/h1-5,9-10H,6-7H2/q-1/t9-,10-/m1/s1. The van der Waals surface area contributed by atoms with E-state index >= 15 is 0 Å². The molecule has 1 saturated carbocycles. The monoisotopic (exact) mass is 199 g/mol. The van der Waals surface area contributed by atoms with Crippen molar-refractivity contribution < 1.29 is 12.9 Å². The van der Waals surface area contributed by atoms with Crippen LogP contribution >= 0.6 is 0 Å². The van der Waals surface area contributed by atoms with Crippen molar-refractivity contribution in [2.75, 3.05) is 0 Å². The van der Waals surface area contributed by atoms with Gasteiger partial charge in [-0.1, -0.05) is 48.5 Å². The Balaban J connectivity index is 1.91. The second kappa shape index (κ2) is 3.33. The van der Waals surface area contributed by atoms with Gasteiger partial charge in [0.1, 0.15) is 0 Å². The van der Waals surface area contributed by atoms with Crippen LogP contribution in [0.2, 0.25) is 5.82 Å². The van der Waals surface area contributed by atoms with E-state index in [1.165, 1.54) is 0 Å². The van der Waals surface area contributed by atoms with Gasteiger partial charge in [0.25, 0.3) is 0 Å². The number of hydrogen-bond acceptors (Lipinski definition) is 0. The molecular formula is C10H11BF3-. The maximum atomic E-state index is 12.3. The van der Waals surface area contributed by atoms with E-state index in [2.05, 4.69) is 0 Å². The molecule has 14 heavy (non-hydrogen) atoms. The highest BCUT2D eigenvalue weighted by molar-refractivity contribution is 6.61. The van der Waals surface area contributed by atoms with Crippen LogP contribution in [0.3, 0.4) is 0 Å². The predicted octanol–water partition coefficient (Wildman–Crippen LogP) is 3.47. The van der Waals surface area contributed by atoms with Gasteiger partial charge < -0.3 is 12.9 Å². The third-order valence-corrected chi connectivity index (χ3v) is 2.80. The molecule has 0 unspecified atom stereocenters. The lowest BCUT2D eigenvalue weighted by Crippen LogP contribution is -2.16. The van der Waals surface area contributed by atoms with E-state index in [0.717, 1.165) is 5.56 Å². The molecule has 0 amide bonds. The average molecular weight is 199 g/mol. The lowest BCUT2D eigenvalue weighted by molar-refractivity contribution is 0.459. The molecule has 1 fully saturated rings. The highest BCUT2D eigenvalue weighted by Crippen LogP contribution is 2.54. The van der Waals surface area contributed by atoms with Crippen molar-refractivity contribution in [3.05, 3.63) is 35.9 Å². The predicted molar refractivity (Wildman–Crippen MR) is 51.1 cm³/mol. The second-order valence-electron chi connectivity index (χ2n) is 3.97. The van der Waals surface area contributed by atoms with Gasteiger partial charge in [-0.15, -0.1) is 0 Å². The zero-order valence-electron chi connectivity index (χ0n) is 7.67. The molecule has 0 N–H and O–H groups in total. The zero-order valence-corrected chi connectivity index (χ0v) is 7.67. The molecule has 0 bridgehead atoms. The molecule has 0 heterocycles. The van der Waals surface area contributed by atoms with Crippen LogP contribution in [-0.2, 0) is 6.42 Å². The summed E-state index contributed by atoms with van der Waals surface area (Å²) in [5, 5.41) is 0. The van der Waals surface area contributed by atoms with Gasteiger partial charge in [0.15, 0.2) is 0 Å². The van der Waals surface area contributed by atoms with Crippen molar-refractivity contribution in [2.45, 2.75) is 18.7 Å². The number of halogens is 3. The van der Waals surface area contributed by atoms with Gasteiger partial charge >= 0.3 is 6.98 Å². The minimum Gasteiger partial charge on any atom is -0.449 e. The van der Waals surface area contributed by atoms with Gasteiger partial charge in [-0.25, -0.2) is 0 Å². The first kappa shape index (κ1) is 9.62. The lowest BCUT2D eigenvalue weighted by atomic mass is 9.81. The third kappa shape index (κ3) is 2.11. The average Bonchev–Trinajstić information content (AvgIpc) is 2.85. The van der Waals surface area contributed by atoms with Crippen molar-refractivity contribution in [3.63, 3.8) is 0 Å². The first-order valence-electron chi connectivity index (χ1n) is 4.81. The van der Waals surface area contributed by atoms with Gasteiger partial charge in [0.2, 0.25) is 0 Å². The van der Waals surface area contributed by atoms with E-state index < -0.39 is 12.8 Å². The summed E-state index contributed by atoms with van der Waals surface area (Å²) in [6.45, 7) is -4.60. The van der Waals surface area contributed by atoms with E-state index in [9.17, 15) is 12.9 Å². The zero-order chi connectivity index (χ0) is 10.2. The number of hydrogen-bond donors (Lipinski definition) is 0. The maximum absolute atomic E-state index is 12.3. The SMILES string of the molecule is F[B-](F)(F)[C@@H]1C[C@H]1Cc1ccccc1. The Hall–Kier alpha value is -0.925. The normalized spacial score (nSPS) is 26.2. The van der Waals surface area contributed by atoms with Gasteiger partial charge in [-0.05, 0) is 12.0 Å². The Bertz CT molecular complexity index is 307. The fourth-order valence-electron chi connectivity index (χ4n) is 1.89. The maximum Gasteiger partial charge on any atom is 0.481 e. The summed E-state index contributed by atoms with van der Waals surface area (Å²) in [6.07, 6.45) is 0.908. The highest BCUT2D eigenvalue weighted by atomic mass is 19.4. The number of benzene rings is 1. The van der Waals surface area contributed by atoms with Crippen molar-refractivity contribution in [1.29, 1.82) is 0 Å². The van der Waals surface area contributed by atoms with Gasteiger partial charge in [-0.2, -0.15) is 0 Å². The van der Waals surface area contributed by atoms with E-state index in [1.54, 1.807) is 0 Å². The summed E-state index contributed by atoms with van der Waals surface area (Å²) in [6, 6.07) is 9.38. The first-order chi connectivity index (χ1) is 6.57. The van der Waals surface area contributed by atoms with Crippen LogP contribution in [-0.4, -0.2) is 6.98 Å². The van der Waals surface area contributed by atoms with Crippen LogP contribution < -0.4 is 0 Å². The molecule has 76 valence electrons. The molecule has 4 heteroatoms. The summed E-state index contributed by atoms with van der Waals surface area (Å²) in [5.41, 5.74) is 1.01. The quantitative estimate of drug-likeness (QED) is 0.653. The Morgan fingerprint density at radius 3 is 2.29 bits per heavy atom. The van der Waals surface area contributed by atoms with Crippen LogP contribution in [0, 0.1) is 5.92 Å². The molecule has 1 aromatic rings. The van der Waals surface area contributed by atoms with Crippen molar-refractivity contribution in [2.24, 2.45) is 5.92 Å². The van der Waals surface area contributed by atoms with E-state index in [1.807, 2.05) is 30.3 Å². The Morgan fingerprint density at radius 1 is 1.14 bits per heavy atom. The lowest BCUT2D eigenvalue weighted by Gasteiger charge is -2.12. The van der Waals surface area contributed by atoms with Gasteiger partial charge in [-0.3, -0.25) is 0 Å². The Labute approximate surface area is 81.2 Å². The van der Waals surface area contributed by atoms with Crippen LogP contribution in [0.25, 0.3) is 0 Å². The molecule has 2 rings (SSSR count). The molecule has 0 nitrogen and oxygen atoms in total. The van der Waals surface area contributed by atoms with E-state index in [-0.39, 0.29) is 5.92 Å². The molecular weight excluding hydrogens is 188 g/mol. The minimum atomic E-state index is -4.60. The van der Waals surface area contributed by atoms with Crippen molar-refractivity contribution in [1.82, 2.24) is 0 Å². The molecule has 2 atom stereocenters. The summed E-state index contributed by atoms with van der Waals surface area (Å²) >= 11 is 0. The molecule has 0 radical (unpaired) electrons. The fraction of sp³-hybridized carbons (Fsp3) is 0.400.